The van der Waals surface area contributed by atoms with Crippen molar-refractivity contribution in [2.24, 2.45) is 0 Å². The zero-order valence-electron chi connectivity index (χ0n) is 11.1. The summed E-state index contributed by atoms with van der Waals surface area (Å²) >= 11 is 5.85. The van der Waals surface area contributed by atoms with Crippen LogP contribution < -0.4 is 10.1 Å². The second-order valence-electron chi connectivity index (χ2n) is 4.30. The van der Waals surface area contributed by atoms with Crippen LogP contribution in [0.4, 0.5) is 14.5 Å². The molecular weight excluding hydrogens is 302 g/mol. The van der Waals surface area contributed by atoms with Crippen molar-refractivity contribution in [2.45, 2.75) is 20.1 Å². The number of rotatable bonds is 5. The molecule has 1 heterocycles. The maximum Gasteiger partial charge on any atom is 0.387 e. The topological polar surface area (TPSA) is 54.4 Å². The van der Waals surface area contributed by atoms with Gasteiger partial charge in [0.15, 0.2) is 0 Å². The third-order valence-electron chi connectivity index (χ3n) is 2.70. The summed E-state index contributed by atoms with van der Waals surface area (Å²) in [5.74, 6) is -0.00871. The molecule has 21 heavy (non-hydrogen) atoms. The number of halogens is 3. The van der Waals surface area contributed by atoms with Gasteiger partial charge in [-0.2, -0.15) is 8.78 Å². The Morgan fingerprint density at radius 1 is 1.33 bits per heavy atom. The third-order valence-corrected chi connectivity index (χ3v) is 2.99. The molecule has 2 rings (SSSR count). The van der Waals surface area contributed by atoms with E-state index in [1.54, 1.807) is 18.2 Å². The zero-order chi connectivity index (χ0) is 15.4. The predicted octanol–water partition coefficient (Wildman–Crippen LogP) is 3.96. The molecule has 0 radical (unpaired) electrons. The predicted molar refractivity (Wildman–Crippen MR) is 76.0 cm³/mol. The molecular formula is C14H13ClF2N2O2. The summed E-state index contributed by atoms with van der Waals surface area (Å²) in [5.41, 5.74) is 1.87. The van der Waals surface area contributed by atoms with Crippen LogP contribution in [0.3, 0.4) is 0 Å². The summed E-state index contributed by atoms with van der Waals surface area (Å²) in [4.78, 5) is 4.20. The number of ether oxygens (including phenoxy) is 1. The van der Waals surface area contributed by atoms with Gasteiger partial charge in [-0.1, -0.05) is 11.6 Å². The van der Waals surface area contributed by atoms with Gasteiger partial charge in [-0.3, -0.25) is 4.98 Å². The van der Waals surface area contributed by atoms with Crippen LogP contribution in [-0.4, -0.2) is 16.7 Å². The summed E-state index contributed by atoms with van der Waals surface area (Å²) in [6.07, 6.45) is 0. The molecule has 2 N–H and O–H groups in total. The van der Waals surface area contributed by atoms with E-state index in [0.717, 1.165) is 5.69 Å². The molecule has 0 bridgehead atoms. The van der Waals surface area contributed by atoms with Crippen molar-refractivity contribution in [3.63, 3.8) is 0 Å². The summed E-state index contributed by atoms with van der Waals surface area (Å²) < 4.78 is 28.5. The normalized spacial score (nSPS) is 10.7. The molecule has 0 saturated carbocycles. The van der Waals surface area contributed by atoms with E-state index in [9.17, 15) is 13.9 Å². The average Bonchev–Trinajstić information content (AvgIpc) is 2.42. The summed E-state index contributed by atoms with van der Waals surface area (Å²) in [6, 6.07) is 7.63. The largest absolute Gasteiger partial charge is 0.506 e. The molecule has 7 heteroatoms. The maximum atomic E-state index is 12.1. The zero-order valence-corrected chi connectivity index (χ0v) is 11.9. The highest BCUT2D eigenvalue weighted by atomic mass is 35.5. The summed E-state index contributed by atoms with van der Waals surface area (Å²) in [5, 5.41) is 12.8. The fourth-order valence-corrected chi connectivity index (χ4v) is 1.95. The smallest absolute Gasteiger partial charge is 0.387 e. The number of benzene rings is 1. The van der Waals surface area contributed by atoms with E-state index in [0.29, 0.717) is 11.4 Å². The van der Waals surface area contributed by atoms with Crippen LogP contribution in [0.1, 0.15) is 11.4 Å². The van der Waals surface area contributed by atoms with E-state index in [-0.39, 0.29) is 23.1 Å². The molecule has 0 amide bonds. The Kier molecular flexibility index (Phi) is 4.80. The van der Waals surface area contributed by atoms with Crippen LogP contribution in [-0.2, 0) is 6.54 Å². The maximum absolute atomic E-state index is 12.1. The van der Waals surface area contributed by atoms with E-state index in [4.69, 9.17) is 11.6 Å². The van der Waals surface area contributed by atoms with Crippen LogP contribution in [0.5, 0.6) is 11.5 Å². The molecule has 0 saturated heterocycles. The second-order valence-corrected chi connectivity index (χ2v) is 4.70. The Morgan fingerprint density at radius 2 is 2.10 bits per heavy atom. The number of nitrogens with one attached hydrogen (secondary N) is 1. The molecule has 112 valence electrons. The molecule has 1 aromatic carbocycles. The first-order valence-corrected chi connectivity index (χ1v) is 6.47. The lowest BCUT2D eigenvalue weighted by Gasteiger charge is -2.11. The average molecular weight is 315 g/mol. The van der Waals surface area contributed by atoms with Gasteiger partial charge in [0.05, 0.1) is 11.6 Å². The standard InChI is InChI=1S/C14H13ClF2N2O2/c1-8-2-4-12(20)11(19-8)7-18-9-3-5-13(10(15)6-9)21-14(16)17/h2-6,14,18,20H,7H2,1H3. The summed E-state index contributed by atoms with van der Waals surface area (Å²) in [7, 11) is 0. The Balaban J connectivity index is 2.07. The molecule has 0 aliphatic rings. The van der Waals surface area contributed by atoms with Gasteiger partial charge in [0.2, 0.25) is 0 Å². The minimum absolute atomic E-state index is 0.0710. The van der Waals surface area contributed by atoms with Crippen LogP contribution in [0, 0.1) is 6.92 Å². The third kappa shape index (κ3) is 4.19. The first kappa shape index (κ1) is 15.3. The Hall–Kier alpha value is -2.08. The van der Waals surface area contributed by atoms with Crippen LogP contribution in [0.25, 0.3) is 0 Å². The number of hydrogen-bond acceptors (Lipinski definition) is 4. The van der Waals surface area contributed by atoms with E-state index >= 15 is 0 Å². The highest BCUT2D eigenvalue weighted by Crippen LogP contribution is 2.29. The minimum atomic E-state index is -2.92. The van der Waals surface area contributed by atoms with Crippen LogP contribution >= 0.6 is 11.6 Å². The lowest BCUT2D eigenvalue weighted by molar-refractivity contribution is -0.0497. The molecule has 4 nitrogen and oxygen atoms in total. The lowest BCUT2D eigenvalue weighted by Crippen LogP contribution is -2.04. The summed E-state index contributed by atoms with van der Waals surface area (Å²) in [6.45, 7) is -0.829. The van der Waals surface area contributed by atoms with Gasteiger partial charge in [0, 0.05) is 11.4 Å². The highest BCUT2D eigenvalue weighted by Gasteiger charge is 2.09. The minimum Gasteiger partial charge on any atom is -0.506 e. The number of hydrogen-bond donors (Lipinski definition) is 2. The fraction of sp³-hybridized carbons (Fsp3) is 0.214. The molecule has 2 aromatic rings. The van der Waals surface area contributed by atoms with Crippen LogP contribution in [0.2, 0.25) is 5.02 Å². The van der Waals surface area contributed by atoms with Crippen molar-refractivity contribution in [3.8, 4) is 11.5 Å². The second kappa shape index (κ2) is 6.58. The first-order chi connectivity index (χ1) is 9.95. The van der Waals surface area contributed by atoms with Crippen molar-refractivity contribution in [1.29, 1.82) is 0 Å². The van der Waals surface area contributed by atoms with E-state index in [2.05, 4.69) is 15.0 Å². The van der Waals surface area contributed by atoms with E-state index in [1.807, 2.05) is 6.92 Å². The fourth-order valence-electron chi connectivity index (χ4n) is 1.72. The SMILES string of the molecule is Cc1ccc(O)c(CNc2ccc(OC(F)F)c(Cl)c2)n1. The molecule has 0 atom stereocenters. The molecule has 1 aromatic heterocycles. The number of aromatic nitrogens is 1. The molecule has 0 fully saturated rings. The van der Waals surface area contributed by atoms with Crippen molar-refractivity contribution in [1.82, 2.24) is 4.98 Å². The number of aromatic hydroxyl groups is 1. The van der Waals surface area contributed by atoms with Crippen molar-refractivity contribution >= 4 is 17.3 Å². The van der Waals surface area contributed by atoms with E-state index in [1.165, 1.54) is 12.1 Å². The van der Waals surface area contributed by atoms with E-state index < -0.39 is 6.61 Å². The van der Waals surface area contributed by atoms with Crippen molar-refractivity contribution in [2.75, 3.05) is 5.32 Å². The molecule has 0 unspecified atom stereocenters. The molecule has 0 aliphatic carbocycles. The Bertz CT molecular complexity index is 638. The van der Waals surface area contributed by atoms with Gasteiger partial charge in [-0.05, 0) is 37.3 Å². The lowest BCUT2D eigenvalue weighted by atomic mass is 10.2. The number of anilines is 1. The van der Waals surface area contributed by atoms with Gasteiger partial charge in [-0.25, -0.2) is 0 Å². The quantitative estimate of drug-likeness (QED) is 0.877. The first-order valence-electron chi connectivity index (χ1n) is 6.09. The monoisotopic (exact) mass is 314 g/mol. The van der Waals surface area contributed by atoms with Gasteiger partial charge in [0.25, 0.3) is 0 Å². The molecule has 0 spiro atoms. The van der Waals surface area contributed by atoms with Gasteiger partial charge in [-0.15, -0.1) is 0 Å². The van der Waals surface area contributed by atoms with Crippen LogP contribution in [0.15, 0.2) is 30.3 Å². The van der Waals surface area contributed by atoms with Gasteiger partial charge < -0.3 is 15.2 Å². The van der Waals surface area contributed by atoms with Gasteiger partial charge in [0.1, 0.15) is 17.2 Å². The van der Waals surface area contributed by atoms with Crippen molar-refractivity contribution in [3.05, 3.63) is 46.7 Å². The van der Waals surface area contributed by atoms with Gasteiger partial charge >= 0.3 is 6.61 Å². The number of alkyl halides is 2. The Morgan fingerprint density at radius 3 is 2.76 bits per heavy atom. The molecule has 0 aliphatic heterocycles. The Labute approximate surface area is 125 Å². The number of aryl methyl sites for hydroxylation is 1. The number of nitrogens with zero attached hydrogens (tertiary/aromatic N) is 1. The highest BCUT2D eigenvalue weighted by molar-refractivity contribution is 6.32. The van der Waals surface area contributed by atoms with Crippen molar-refractivity contribution < 1.29 is 18.6 Å². The number of pyridine rings is 1.